The minimum absolute atomic E-state index is 0.0173. The van der Waals surface area contributed by atoms with E-state index in [-0.39, 0.29) is 22.1 Å². The predicted molar refractivity (Wildman–Crippen MR) is 127 cm³/mol. The lowest BCUT2D eigenvalue weighted by molar-refractivity contribution is 0.324. The van der Waals surface area contributed by atoms with Crippen LogP contribution in [0.4, 0.5) is 10.1 Å². The largest absolute Gasteiger partial charge is 0.504 e. The molecule has 0 radical (unpaired) electrons. The van der Waals surface area contributed by atoms with Gasteiger partial charge in [-0.3, -0.25) is 4.72 Å². The number of hydrogen-bond acceptors (Lipinski definition) is 7. The van der Waals surface area contributed by atoms with E-state index in [4.69, 9.17) is 18.9 Å². The lowest BCUT2D eigenvalue weighted by Gasteiger charge is -2.14. The van der Waals surface area contributed by atoms with E-state index in [1.165, 1.54) is 52.7 Å². The van der Waals surface area contributed by atoms with Crippen molar-refractivity contribution in [3.8, 4) is 28.7 Å². The molecule has 3 aromatic rings. The van der Waals surface area contributed by atoms with Crippen molar-refractivity contribution in [3.05, 3.63) is 65.5 Å². The number of aromatic hydroxyl groups is 1. The molecule has 0 amide bonds. The summed E-state index contributed by atoms with van der Waals surface area (Å²) in [6.45, 7) is 0. The second-order valence-corrected chi connectivity index (χ2v) is 8.66. The van der Waals surface area contributed by atoms with E-state index in [1.54, 1.807) is 24.3 Å². The second-order valence-electron chi connectivity index (χ2n) is 6.98. The molecular formula is C24H24FNO7S. The molecule has 0 aliphatic heterocycles. The van der Waals surface area contributed by atoms with Crippen LogP contribution >= 0.6 is 0 Å². The number of halogens is 1. The molecule has 10 heteroatoms. The number of rotatable bonds is 9. The van der Waals surface area contributed by atoms with Crippen LogP contribution in [0.25, 0.3) is 12.2 Å². The van der Waals surface area contributed by atoms with Crippen LogP contribution in [-0.2, 0) is 10.0 Å². The molecular weight excluding hydrogens is 465 g/mol. The normalized spacial score (nSPS) is 11.3. The molecule has 0 saturated carbocycles. The molecule has 2 N–H and O–H groups in total. The summed E-state index contributed by atoms with van der Waals surface area (Å²) in [5.74, 6) is 0.305. The van der Waals surface area contributed by atoms with Crippen LogP contribution in [0.2, 0.25) is 0 Å². The Morgan fingerprint density at radius 2 is 1.41 bits per heavy atom. The number of ether oxygens (including phenoxy) is 4. The first-order valence-electron chi connectivity index (χ1n) is 9.90. The Labute approximate surface area is 197 Å². The number of hydrogen-bond donors (Lipinski definition) is 2. The first-order valence-corrected chi connectivity index (χ1v) is 11.4. The van der Waals surface area contributed by atoms with Gasteiger partial charge in [-0.1, -0.05) is 18.2 Å². The number of benzene rings is 3. The standard InChI is InChI=1S/C24H24FNO7S/c1-30-21-12-16(13-22(31-2)24(21)33-4)9-8-15-10-19(23(32-3)20(27)11-15)26-34(28,29)18-7-5-6-17(25)14-18/h5-14,26-27H,1-4H3. The minimum Gasteiger partial charge on any atom is -0.504 e. The highest BCUT2D eigenvalue weighted by Gasteiger charge is 2.20. The fraction of sp³-hybridized carbons (Fsp3) is 0.167. The van der Waals surface area contributed by atoms with Crippen molar-refractivity contribution in [2.24, 2.45) is 0 Å². The van der Waals surface area contributed by atoms with Crippen LogP contribution < -0.4 is 23.7 Å². The molecule has 0 aliphatic rings. The van der Waals surface area contributed by atoms with Gasteiger partial charge in [0.25, 0.3) is 10.0 Å². The van der Waals surface area contributed by atoms with Crippen molar-refractivity contribution in [1.82, 2.24) is 0 Å². The van der Waals surface area contributed by atoms with Crippen LogP contribution in [0.3, 0.4) is 0 Å². The summed E-state index contributed by atoms with van der Waals surface area (Å²) >= 11 is 0. The SMILES string of the molecule is COc1cc(C=Cc2cc(O)c(OC)c(NS(=O)(=O)c3cccc(F)c3)c2)cc(OC)c1OC. The second kappa shape index (κ2) is 10.3. The Morgan fingerprint density at radius 1 is 0.824 bits per heavy atom. The van der Waals surface area contributed by atoms with Crippen LogP contribution in [-0.4, -0.2) is 42.0 Å². The molecule has 3 aromatic carbocycles. The molecule has 0 unspecified atom stereocenters. The zero-order valence-electron chi connectivity index (χ0n) is 19.0. The van der Waals surface area contributed by atoms with Crippen molar-refractivity contribution < 1.29 is 36.9 Å². The van der Waals surface area contributed by atoms with Crippen LogP contribution in [0.5, 0.6) is 28.7 Å². The van der Waals surface area contributed by atoms with Gasteiger partial charge in [0.15, 0.2) is 23.0 Å². The Bertz CT molecular complexity index is 1300. The Kier molecular flexibility index (Phi) is 7.52. The molecule has 3 rings (SSSR count). The maximum Gasteiger partial charge on any atom is 0.262 e. The Hall–Kier alpha value is -3.92. The number of sulfonamides is 1. The first-order chi connectivity index (χ1) is 16.2. The van der Waals surface area contributed by atoms with Gasteiger partial charge in [0.1, 0.15) is 5.82 Å². The van der Waals surface area contributed by atoms with Crippen LogP contribution in [0, 0.1) is 5.82 Å². The van der Waals surface area contributed by atoms with Gasteiger partial charge in [0, 0.05) is 0 Å². The number of nitrogens with one attached hydrogen (secondary N) is 1. The number of anilines is 1. The van der Waals surface area contributed by atoms with Crippen molar-refractivity contribution in [3.63, 3.8) is 0 Å². The lowest BCUT2D eigenvalue weighted by Crippen LogP contribution is -2.14. The maximum atomic E-state index is 13.5. The summed E-state index contributed by atoms with van der Waals surface area (Å²) in [5, 5.41) is 10.4. The molecule has 0 aliphatic carbocycles. The van der Waals surface area contributed by atoms with Crippen LogP contribution in [0.1, 0.15) is 11.1 Å². The average molecular weight is 490 g/mol. The molecule has 0 bridgehead atoms. The van der Waals surface area contributed by atoms with E-state index in [1.807, 2.05) is 0 Å². The fourth-order valence-electron chi connectivity index (χ4n) is 3.25. The van der Waals surface area contributed by atoms with E-state index in [0.29, 0.717) is 28.4 Å². The molecule has 0 spiro atoms. The van der Waals surface area contributed by atoms with E-state index in [2.05, 4.69) is 4.72 Å². The molecule has 0 fully saturated rings. The third-order valence-corrected chi connectivity index (χ3v) is 6.16. The van der Waals surface area contributed by atoms with Crippen molar-refractivity contribution in [2.75, 3.05) is 33.2 Å². The quantitative estimate of drug-likeness (QED) is 0.426. The minimum atomic E-state index is -4.15. The molecule has 0 aromatic heterocycles. The van der Waals surface area contributed by atoms with E-state index < -0.39 is 15.8 Å². The number of methoxy groups -OCH3 is 4. The molecule has 8 nitrogen and oxygen atoms in total. The summed E-state index contributed by atoms with van der Waals surface area (Å²) in [5.41, 5.74) is 1.15. The Morgan fingerprint density at radius 3 is 1.94 bits per heavy atom. The molecule has 180 valence electrons. The Balaban J connectivity index is 1.99. The van der Waals surface area contributed by atoms with Gasteiger partial charge in [0.2, 0.25) is 5.75 Å². The monoisotopic (exact) mass is 489 g/mol. The van der Waals surface area contributed by atoms with Gasteiger partial charge in [-0.05, 0) is 53.6 Å². The average Bonchev–Trinajstić information content (AvgIpc) is 2.81. The summed E-state index contributed by atoms with van der Waals surface area (Å²) in [6, 6.07) is 10.9. The van der Waals surface area contributed by atoms with Crippen molar-refractivity contribution in [2.45, 2.75) is 4.90 Å². The summed E-state index contributed by atoms with van der Waals surface area (Å²) in [4.78, 5) is -0.271. The lowest BCUT2D eigenvalue weighted by atomic mass is 10.1. The molecule has 0 atom stereocenters. The topological polar surface area (TPSA) is 103 Å². The zero-order valence-corrected chi connectivity index (χ0v) is 19.8. The third kappa shape index (κ3) is 5.34. The van der Waals surface area contributed by atoms with E-state index >= 15 is 0 Å². The smallest absolute Gasteiger partial charge is 0.262 e. The molecule has 0 heterocycles. The maximum absolute atomic E-state index is 13.5. The van der Waals surface area contributed by atoms with Crippen molar-refractivity contribution in [1.29, 1.82) is 0 Å². The van der Waals surface area contributed by atoms with Gasteiger partial charge >= 0.3 is 0 Å². The highest BCUT2D eigenvalue weighted by atomic mass is 32.2. The van der Waals surface area contributed by atoms with Gasteiger partial charge < -0.3 is 24.1 Å². The zero-order chi connectivity index (χ0) is 24.9. The number of phenolic OH excluding ortho intramolecular Hbond substituents is 1. The molecule has 0 saturated heterocycles. The third-order valence-electron chi connectivity index (χ3n) is 4.80. The first kappa shape index (κ1) is 24.7. The molecule has 34 heavy (non-hydrogen) atoms. The van der Waals surface area contributed by atoms with Crippen molar-refractivity contribution >= 4 is 27.9 Å². The van der Waals surface area contributed by atoms with Gasteiger partial charge in [0.05, 0.1) is 39.0 Å². The van der Waals surface area contributed by atoms with Gasteiger partial charge in [-0.25, -0.2) is 12.8 Å². The van der Waals surface area contributed by atoms with Gasteiger partial charge in [-0.2, -0.15) is 0 Å². The number of phenols is 1. The summed E-state index contributed by atoms with van der Waals surface area (Å²) < 4.78 is 62.6. The summed E-state index contributed by atoms with van der Waals surface area (Å²) in [6.07, 6.45) is 3.37. The van der Waals surface area contributed by atoms with Crippen LogP contribution in [0.15, 0.2) is 53.4 Å². The fourth-order valence-corrected chi connectivity index (χ4v) is 4.33. The van der Waals surface area contributed by atoms with E-state index in [0.717, 1.165) is 12.1 Å². The predicted octanol–water partition coefficient (Wildman–Crippen LogP) is 4.54. The highest BCUT2D eigenvalue weighted by molar-refractivity contribution is 7.92. The highest BCUT2D eigenvalue weighted by Crippen LogP contribution is 2.40. The van der Waals surface area contributed by atoms with Gasteiger partial charge in [-0.15, -0.1) is 0 Å². The van der Waals surface area contributed by atoms with E-state index in [9.17, 15) is 17.9 Å². The summed E-state index contributed by atoms with van der Waals surface area (Å²) in [7, 11) is 1.65.